The Balaban J connectivity index is 2.44. The lowest BCUT2D eigenvalue weighted by atomic mass is 10.2. The van der Waals surface area contributed by atoms with Crippen LogP contribution in [0.25, 0.3) is 0 Å². The maximum Gasteiger partial charge on any atom is 0.107 e. The van der Waals surface area contributed by atoms with Crippen LogP contribution in [0.5, 0.6) is 0 Å². The summed E-state index contributed by atoms with van der Waals surface area (Å²) < 4.78 is 0. The van der Waals surface area contributed by atoms with Crippen molar-refractivity contribution in [2.45, 2.75) is 32.0 Å². The Hall–Kier alpha value is -0.0800. The van der Waals surface area contributed by atoms with Gasteiger partial charge in [-0.15, -0.1) is 0 Å². The average molecular weight is 115 g/mol. The van der Waals surface area contributed by atoms with Gasteiger partial charge in [0.1, 0.15) is 6.23 Å². The highest BCUT2D eigenvalue weighted by molar-refractivity contribution is 4.74. The average Bonchev–Trinajstić information content (AvgIpc) is 1.98. The molecule has 1 unspecified atom stereocenters. The molecule has 0 radical (unpaired) electrons. The standard InChI is InChI=1S/C6H13NO/c1-5-3-4-6(8)7(5)2/h5-6,8H,3-4H2,1-2H3/t5-,6?/m0/s1. The van der Waals surface area contributed by atoms with Crippen molar-refractivity contribution < 1.29 is 5.11 Å². The van der Waals surface area contributed by atoms with Crippen molar-refractivity contribution in [3.05, 3.63) is 0 Å². The molecular weight excluding hydrogens is 102 g/mol. The number of hydrogen-bond donors (Lipinski definition) is 1. The smallest absolute Gasteiger partial charge is 0.107 e. The van der Waals surface area contributed by atoms with Gasteiger partial charge in [-0.25, -0.2) is 0 Å². The second-order valence-corrected chi connectivity index (χ2v) is 2.57. The number of likely N-dealkylation sites (tertiary alicyclic amines) is 1. The van der Waals surface area contributed by atoms with Crippen LogP contribution in [0, 0.1) is 0 Å². The zero-order chi connectivity index (χ0) is 6.15. The lowest BCUT2D eigenvalue weighted by Gasteiger charge is -2.17. The van der Waals surface area contributed by atoms with E-state index < -0.39 is 0 Å². The maximum absolute atomic E-state index is 9.09. The van der Waals surface area contributed by atoms with E-state index in [-0.39, 0.29) is 6.23 Å². The van der Waals surface area contributed by atoms with E-state index in [2.05, 4.69) is 6.92 Å². The monoisotopic (exact) mass is 115 g/mol. The van der Waals surface area contributed by atoms with Crippen LogP contribution in [0.15, 0.2) is 0 Å². The van der Waals surface area contributed by atoms with E-state index in [1.807, 2.05) is 11.9 Å². The van der Waals surface area contributed by atoms with Crippen molar-refractivity contribution >= 4 is 0 Å². The van der Waals surface area contributed by atoms with Crippen LogP contribution < -0.4 is 0 Å². The molecule has 0 spiro atoms. The molecule has 0 aromatic heterocycles. The fourth-order valence-corrected chi connectivity index (χ4v) is 1.09. The molecule has 1 heterocycles. The predicted molar refractivity (Wildman–Crippen MR) is 32.5 cm³/mol. The van der Waals surface area contributed by atoms with Crippen LogP contribution in [0.3, 0.4) is 0 Å². The Bertz CT molecular complexity index is 74.6. The first-order valence-corrected chi connectivity index (χ1v) is 3.12. The van der Waals surface area contributed by atoms with E-state index in [1.165, 1.54) is 0 Å². The minimum absolute atomic E-state index is 0.176. The van der Waals surface area contributed by atoms with E-state index in [9.17, 15) is 0 Å². The highest BCUT2D eigenvalue weighted by Gasteiger charge is 2.24. The molecule has 2 atom stereocenters. The minimum Gasteiger partial charge on any atom is -0.378 e. The Labute approximate surface area is 50.1 Å². The van der Waals surface area contributed by atoms with Crippen molar-refractivity contribution in [1.82, 2.24) is 4.90 Å². The highest BCUT2D eigenvalue weighted by atomic mass is 16.3. The summed E-state index contributed by atoms with van der Waals surface area (Å²) in [6.07, 6.45) is 1.90. The highest BCUT2D eigenvalue weighted by Crippen LogP contribution is 2.18. The van der Waals surface area contributed by atoms with E-state index in [1.54, 1.807) is 0 Å². The molecule has 0 bridgehead atoms. The van der Waals surface area contributed by atoms with Crippen LogP contribution in [0.1, 0.15) is 19.8 Å². The fraction of sp³-hybridized carbons (Fsp3) is 1.00. The second kappa shape index (κ2) is 2.03. The number of rotatable bonds is 0. The van der Waals surface area contributed by atoms with Crippen molar-refractivity contribution in [3.8, 4) is 0 Å². The van der Waals surface area contributed by atoms with Gasteiger partial charge in [-0.2, -0.15) is 0 Å². The lowest BCUT2D eigenvalue weighted by molar-refractivity contribution is 0.0412. The normalized spacial score (nSPS) is 40.9. The van der Waals surface area contributed by atoms with Crippen LogP contribution in [-0.4, -0.2) is 29.3 Å². The third-order valence-electron chi connectivity index (χ3n) is 2.01. The summed E-state index contributed by atoms with van der Waals surface area (Å²) in [7, 11) is 1.96. The molecule has 2 heteroatoms. The van der Waals surface area contributed by atoms with Gasteiger partial charge in [0.2, 0.25) is 0 Å². The number of hydrogen-bond acceptors (Lipinski definition) is 2. The number of nitrogens with zero attached hydrogens (tertiary/aromatic N) is 1. The first-order chi connectivity index (χ1) is 3.72. The molecule has 8 heavy (non-hydrogen) atoms. The Morgan fingerprint density at radius 3 is 2.25 bits per heavy atom. The molecule has 1 N–H and O–H groups in total. The summed E-state index contributed by atoms with van der Waals surface area (Å²) >= 11 is 0. The maximum atomic E-state index is 9.09. The van der Waals surface area contributed by atoms with Gasteiger partial charge < -0.3 is 5.11 Å². The van der Waals surface area contributed by atoms with Crippen LogP contribution in [-0.2, 0) is 0 Å². The molecule has 1 fully saturated rings. The van der Waals surface area contributed by atoms with Crippen molar-refractivity contribution in [1.29, 1.82) is 0 Å². The topological polar surface area (TPSA) is 23.5 Å². The van der Waals surface area contributed by atoms with Gasteiger partial charge in [-0.3, -0.25) is 4.90 Å². The first-order valence-electron chi connectivity index (χ1n) is 3.12. The van der Waals surface area contributed by atoms with Gasteiger partial charge in [0.15, 0.2) is 0 Å². The minimum atomic E-state index is -0.176. The van der Waals surface area contributed by atoms with Crippen molar-refractivity contribution in [3.63, 3.8) is 0 Å². The third-order valence-corrected chi connectivity index (χ3v) is 2.01. The molecule has 1 rings (SSSR count). The molecule has 1 aliphatic heterocycles. The second-order valence-electron chi connectivity index (χ2n) is 2.57. The van der Waals surface area contributed by atoms with Crippen LogP contribution >= 0.6 is 0 Å². The quantitative estimate of drug-likeness (QED) is 0.494. The van der Waals surface area contributed by atoms with E-state index in [0.29, 0.717) is 6.04 Å². The van der Waals surface area contributed by atoms with E-state index in [4.69, 9.17) is 5.11 Å². The van der Waals surface area contributed by atoms with Gasteiger partial charge in [-0.1, -0.05) is 0 Å². The van der Waals surface area contributed by atoms with Gasteiger partial charge in [-0.05, 0) is 26.8 Å². The van der Waals surface area contributed by atoms with Gasteiger partial charge in [0.25, 0.3) is 0 Å². The molecule has 48 valence electrons. The zero-order valence-corrected chi connectivity index (χ0v) is 5.46. The molecule has 0 saturated carbocycles. The predicted octanol–water partition coefficient (Wildman–Crippen LogP) is 0.419. The summed E-state index contributed by atoms with van der Waals surface area (Å²) in [6.45, 7) is 2.14. The lowest BCUT2D eigenvalue weighted by Crippen LogP contribution is -2.29. The van der Waals surface area contributed by atoms with Gasteiger partial charge in [0, 0.05) is 6.04 Å². The molecule has 2 nitrogen and oxygen atoms in total. The first kappa shape index (κ1) is 6.05. The molecule has 0 amide bonds. The third kappa shape index (κ3) is 0.858. The molecular formula is C6H13NO. The zero-order valence-electron chi connectivity index (χ0n) is 5.46. The summed E-state index contributed by atoms with van der Waals surface area (Å²) in [5, 5.41) is 9.09. The number of aliphatic hydroxyl groups excluding tert-OH is 1. The van der Waals surface area contributed by atoms with Gasteiger partial charge >= 0.3 is 0 Å². The van der Waals surface area contributed by atoms with Crippen LogP contribution in [0.2, 0.25) is 0 Å². The van der Waals surface area contributed by atoms with E-state index in [0.717, 1.165) is 12.8 Å². The molecule has 0 aliphatic carbocycles. The molecule has 1 aliphatic rings. The summed E-state index contributed by atoms with van der Waals surface area (Å²) in [5.41, 5.74) is 0. The van der Waals surface area contributed by atoms with E-state index >= 15 is 0 Å². The molecule has 0 aromatic rings. The Kier molecular flexibility index (Phi) is 1.54. The molecule has 0 aromatic carbocycles. The van der Waals surface area contributed by atoms with Crippen molar-refractivity contribution in [2.75, 3.05) is 7.05 Å². The number of aliphatic hydroxyl groups is 1. The summed E-state index contributed by atoms with van der Waals surface area (Å²) in [5.74, 6) is 0. The largest absolute Gasteiger partial charge is 0.378 e. The Morgan fingerprint density at radius 2 is 2.12 bits per heavy atom. The van der Waals surface area contributed by atoms with Crippen LogP contribution in [0.4, 0.5) is 0 Å². The van der Waals surface area contributed by atoms with Gasteiger partial charge in [0.05, 0.1) is 0 Å². The van der Waals surface area contributed by atoms with Crippen molar-refractivity contribution in [2.24, 2.45) is 0 Å². The SMILES string of the molecule is C[C@H]1CCC(O)N1C. The molecule has 1 saturated heterocycles. The summed E-state index contributed by atoms with van der Waals surface area (Å²) in [6, 6.07) is 0.574. The Morgan fingerprint density at radius 1 is 1.50 bits per heavy atom. The summed E-state index contributed by atoms with van der Waals surface area (Å²) in [4.78, 5) is 2.00. The fourth-order valence-electron chi connectivity index (χ4n) is 1.09.